The van der Waals surface area contributed by atoms with Crippen LogP contribution in [0.5, 0.6) is 0 Å². The van der Waals surface area contributed by atoms with Crippen molar-refractivity contribution in [1.82, 2.24) is 9.80 Å². The van der Waals surface area contributed by atoms with Crippen molar-refractivity contribution >= 4 is 0 Å². The third-order valence-electron chi connectivity index (χ3n) is 3.37. The standard InChI is InChI=1S/C10H23N3/c1-10(2,8-11)13(4)9-5-6-12(3)7-9/h9H,5-8,11H2,1-4H3. The van der Waals surface area contributed by atoms with Gasteiger partial charge in [-0.1, -0.05) is 0 Å². The zero-order valence-corrected chi connectivity index (χ0v) is 9.38. The highest BCUT2D eigenvalue weighted by atomic mass is 15.3. The summed E-state index contributed by atoms with van der Waals surface area (Å²) in [5.41, 5.74) is 5.89. The number of nitrogens with two attached hydrogens (primary N) is 1. The fourth-order valence-corrected chi connectivity index (χ4v) is 1.87. The van der Waals surface area contributed by atoms with E-state index in [-0.39, 0.29) is 5.54 Å². The van der Waals surface area contributed by atoms with Gasteiger partial charge in [-0.2, -0.15) is 0 Å². The molecule has 1 aliphatic rings. The molecule has 2 N–H and O–H groups in total. The summed E-state index contributed by atoms with van der Waals surface area (Å²) in [6, 6.07) is 0.684. The summed E-state index contributed by atoms with van der Waals surface area (Å²) >= 11 is 0. The molecule has 0 aromatic carbocycles. The summed E-state index contributed by atoms with van der Waals surface area (Å²) in [6.07, 6.45) is 1.27. The molecule has 0 spiro atoms. The highest BCUT2D eigenvalue weighted by Crippen LogP contribution is 2.20. The van der Waals surface area contributed by atoms with Gasteiger partial charge in [0.2, 0.25) is 0 Å². The number of rotatable bonds is 3. The molecule has 1 unspecified atom stereocenters. The van der Waals surface area contributed by atoms with E-state index < -0.39 is 0 Å². The van der Waals surface area contributed by atoms with Crippen molar-refractivity contribution in [3.63, 3.8) is 0 Å². The Bertz CT molecular complexity index is 168. The molecule has 1 saturated heterocycles. The third-order valence-corrected chi connectivity index (χ3v) is 3.37. The molecular weight excluding hydrogens is 162 g/mol. The highest BCUT2D eigenvalue weighted by molar-refractivity contribution is 4.89. The normalized spacial score (nSPS) is 25.8. The Morgan fingerprint density at radius 1 is 1.54 bits per heavy atom. The monoisotopic (exact) mass is 185 g/mol. The van der Waals surface area contributed by atoms with Gasteiger partial charge in [0.1, 0.15) is 0 Å². The van der Waals surface area contributed by atoms with Crippen LogP contribution in [-0.4, -0.2) is 55.1 Å². The second kappa shape index (κ2) is 3.95. The Morgan fingerprint density at radius 3 is 2.54 bits per heavy atom. The van der Waals surface area contributed by atoms with E-state index in [0.717, 1.165) is 6.54 Å². The summed E-state index contributed by atoms with van der Waals surface area (Å²) in [6.45, 7) is 7.55. The van der Waals surface area contributed by atoms with E-state index in [2.05, 4.69) is 37.7 Å². The molecule has 3 heteroatoms. The Labute approximate surface area is 81.9 Å². The van der Waals surface area contributed by atoms with E-state index >= 15 is 0 Å². The minimum atomic E-state index is 0.135. The lowest BCUT2D eigenvalue weighted by molar-refractivity contribution is 0.111. The summed E-state index contributed by atoms with van der Waals surface area (Å²) in [7, 11) is 4.37. The molecule has 78 valence electrons. The second-order valence-corrected chi connectivity index (χ2v) is 4.83. The Morgan fingerprint density at radius 2 is 2.15 bits per heavy atom. The molecule has 13 heavy (non-hydrogen) atoms. The predicted octanol–water partition coefficient (Wildman–Crippen LogP) is 0.360. The number of hydrogen-bond acceptors (Lipinski definition) is 3. The summed E-state index contributed by atoms with van der Waals surface area (Å²) < 4.78 is 0. The first kappa shape index (κ1) is 11.0. The van der Waals surface area contributed by atoms with Gasteiger partial charge in [0, 0.05) is 24.7 Å². The molecule has 1 atom stereocenters. The maximum absolute atomic E-state index is 5.75. The van der Waals surface area contributed by atoms with Crippen molar-refractivity contribution in [2.75, 3.05) is 33.7 Å². The molecule has 0 aromatic heterocycles. The first-order valence-electron chi connectivity index (χ1n) is 5.09. The van der Waals surface area contributed by atoms with Crippen molar-refractivity contribution < 1.29 is 0 Å². The van der Waals surface area contributed by atoms with Gasteiger partial charge in [-0.05, 0) is 40.9 Å². The van der Waals surface area contributed by atoms with Gasteiger partial charge < -0.3 is 10.6 Å². The topological polar surface area (TPSA) is 32.5 Å². The second-order valence-electron chi connectivity index (χ2n) is 4.83. The number of nitrogens with zero attached hydrogens (tertiary/aromatic N) is 2. The summed E-state index contributed by atoms with van der Waals surface area (Å²) in [4.78, 5) is 4.81. The van der Waals surface area contributed by atoms with Gasteiger partial charge in [-0.3, -0.25) is 4.90 Å². The molecule has 0 aliphatic carbocycles. The molecule has 0 bridgehead atoms. The van der Waals surface area contributed by atoms with E-state index in [4.69, 9.17) is 5.73 Å². The van der Waals surface area contributed by atoms with Crippen LogP contribution in [0, 0.1) is 0 Å². The predicted molar refractivity (Wildman–Crippen MR) is 56.8 cm³/mol. The average Bonchev–Trinajstić information content (AvgIpc) is 2.50. The molecule has 1 heterocycles. The largest absolute Gasteiger partial charge is 0.329 e. The van der Waals surface area contributed by atoms with Crippen LogP contribution >= 0.6 is 0 Å². The molecule has 1 rings (SSSR count). The Hall–Kier alpha value is -0.120. The van der Waals surface area contributed by atoms with Crippen LogP contribution in [0.1, 0.15) is 20.3 Å². The first-order chi connectivity index (χ1) is 5.97. The molecule has 1 aliphatic heterocycles. The first-order valence-corrected chi connectivity index (χ1v) is 5.09. The lowest BCUT2D eigenvalue weighted by Crippen LogP contribution is -2.52. The molecule has 0 amide bonds. The lowest BCUT2D eigenvalue weighted by atomic mass is 10.0. The third kappa shape index (κ3) is 2.42. The zero-order chi connectivity index (χ0) is 10.1. The minimum Gasteiger partial charge on any atom is -0.329 e. The molecule has 0 radical (unpaired) electrons. The summed E-state index contributed by atoms with van der Waals surface area (Å²) in [5, 5.41) is 0. The SMILES string of the molecule is CN1CCC(N(C)C(C)(C)CN)C1. The van der Waals surface area contributed by atoms with Gasteiger partial charge in [-0.25, -0.2) is 0 Å². The quantitative estimate of drug-likeness (QED) is 0.689. The van der Waals surface area contributed by atoms with Gasteiger partial charge in [-0.15, -0.1) is 0 Å². The van der Waals surface area contributed by atoms with Crippen molar-refractivity contribution in [2.24, 2.45) is 5.73 Å². The van der Waals surface area contributed by atoms with Crippen LogP contribution in [-0.2, 0) is 0 Å². The van der Waals surface area contributed by atoms with Crippen LogP contribution in [0.15, 0.2) is 0 Å². The van der Waals surface area contributed by atoms with Crippen LogP contribution in [0.25, 0.3) is 0 Å². The van der Waals surface area contributed by atoms with Gasteiger partial charge in [0.05, 0.1) is 0 Å². The number of likely N-dealkylation sites (N-methyl/N-ethyl adjacent to an activating group) is 2. The van der Waals surface area contributed by atoms with E-state index in [9.17, 15) is 0 Å². The van der Waals surface area contributed by atoms with Gasteiger partial charge in [0.25, 0.3) is 0 Å². The van der Waals surface area contributed by atoms with Crippen molar-refractivity contribution in [1.29, 1.82) is 0 Å². The summed E-state index contributed by atoms with van der Waals surface area (Å²) in [5.74, 6) is 0. The highest BCUT2D eigenvalue weighted by Gasteiger charge is 2.31. The fraction of sp³-hybridized carbons (Fsp3) is 1.00. The van der Waals surface area contributed by atoms with E-state index in [1.165, 1.54) is 19.5 Å². The zero-order valence-electron chi connectivity index (χ0n) is 9.38. The van der Waals surface area contributed by atoms with E-state index in [1.54, 1.807) is 0 Å². The van der Waals surface area contributed by atoms with Gasteiger partial charge >= 0.3 is 0 Å². The molecular formula is C10H23N3. The van der Waals surface area contributed by atoms with Crippen LogP contribution in [0.2, 0.25) is 0 Å². The average molecular weight is 185 g/mol. The van der Waals surface area contributed by atoms with Crippen molar-refractivity contribution in [3.8, 4) is 0 Å². The molecule has 0 saturated carbocycles. The maximum Gasteiger partial charge on any atom is 0.0275 e. The van der Waals surface area contributed by atoms with Gasteiger partial charge in [0.15, 0.2) is 0 Å². The molecule has 3 nitrogen and oxygen atoms in total. The lowest BCUT2D eigenvalue weighted by Gasteiger charge is -2.38. The van der Waals surface area contributed by atoms with Crippen LogP contribution in [0.4, 0.5) is 0 Å². The minimum absolute atomic E-state index is 0.135. The van der Waals surface area contributed by atoms with Crippen LogP contribution in [0.3, 0.4) is 0 Å². The Kier molecular flexibility index (Phi) is 3.33. The Balaban J connectivity index is 2.52. The number of likely N-dealkylation sites (tertiary alicyclic amines) is 1. The maximum atomic E-state index is 5.75. The van der Waals surface area contributed by atoms with Crippen molar-refractivity contribution in [3.05, 3.63) is 0 Å². The molecule has 1 fully saturated rings. The fourth-order valence-electron chi connectivity index (χ4n) is 1.87. The van der Waals surface area contributed by atoms with E-state index in [0.29, 0.717) is 6.04 Å². The van der Waals surface area contributed by atoms with E-state index in [1.807, 2.05) is 0 Å². The number of hydrogen-bond donors (Lipinski definition) is 1. The smallest absolute Gasteiger partial charge is 0.0275 e. The van der Waals surface area contributed by atoms with Crippen molar-refractivity contribution in [2.45, 2.75) is 31.8 Å². The van der Waals surface area contributed by atoms with Crippen LogP contribution < -0.4 is 5.73 Å². The molecule has 0 aromatic rings.